The van der Waals surface area contributed by atoms with Gasteiger partial charge in [0.2, 0.25) is 0 Å². The van der Waals surface area contributed by atoms with Crippen molar-refractivity contribution in [3.63, 3.8) is 0 Å². The number of hydrogen-bond acceptors (Lipinski definition) is 7. The van der Waals surface area contributed by atoms with Gasteiger partial charge in [0.25, 0.3) is 0 Å². The highest BCUT2D eigenvalue weighted by Gasteiger charge is 2.69. The third kappa shape index (κ3) is 6.86. The van der Waals surface area contributed by atoms with Gasteiger partial charge in [-0.1, -0.05) is 6.58 Å². The molecule has 0 bridgehead atoms. The van der Waals surface area contributed by atoms with E-state index in [1.54, 1.807) is 0 Å². The minimum Gasteiger partial charge on any atom is -0.460 e. The molecule has 17 heteroatoms. The first-order valence-corrected chi connectivity index (χ1v) is 7.88. The molecule has 0 aliphatic carbocycles. The van der Waals surface area contributed by atoms with Gasteiger partial charge in [-0.25, -0.2) is 9.59 Å². The van der Waals surface area contributed by atoms with Crippen LogP contribution in [0.15, 0.2) is 12.7 Å². The summed E-state index contributed by atoms with van der Waals surface area (Å²) in [5.74, 6) is -10.1. The Bertz CT molecular complexity index is 698. The molecule has 164 valence electrons. The molecule has 0 aromatic heterocycles. The van der Waals surface area contributed by atoms with Crippen LogP contribution in [0.1, 0.15) is 6.42 Å². The fourth-order valence-corrected chi connectivity index (χ4v) is 1.39. The second kappa shape index (κ2) is 8.56. The van der Waals surface area contributed by atoms with Crippen molar-refractivity contribution in [1.29, 1.82) is 0 Å². The van der Waals surface area contributed by atoms with Crippen LogP contribution >= 0.6 is 0 Å². The van der Waals surface area contributed by atoms with Gasteiger partial charge in [-0.2, -0.15) is 43.5 Å². The third-order valence-electron chi connectivity index (χ3n) is 2.49. The monoisotopic (exact) mass is 454 g/mol. The largest absolute Gasteiger partial charge is 0.468 e. The molecular weight excluding hydrogens is 444 g/mol. The Balaban J connectivity index is 5.93. The van der Waals surface area contributed by atoms with Crippen LogP contribution in [-0.4, -0.2) is 61.5 Å². The second-order valence-corrected chi connectivity index (χ2v) is 6.19. The van der Waals surface area contributed by atoms with Crippen molar-refractivity contribution in [2.75, 3.05) is 13.2 Å². The van der Waals surface area contributed by atoms with Crippen LogP contribution in [0.25, 0.3) is 0 Å². The third-order valence-corrected chi connectivity index (χ3v) is 3.37. The Kier molecular flexibility index (Phi) is 7.95. The van der Waals surface area contributed by atoms with Crippen LogP contribution in [0.4, 0.5) is 35.1 Å². The zero-order valence-electron chi connectivity index (χ0n) is 13.1. The van der Waals surface area contributed by atoms with Crippen molar-refractivity contribution in [3.05, 3.63) is 12.7 Å². The van der Waals surface area contributed by atoms with E-state index in [-0.39, 0.29) is 6.08 Å². The van der Waals surface area contributed by atoms with Crippen molar-refractivity contribution in [2.24, 2.45) is 0 Å². The molecule has 1 unspecified atom stereocenters. The highest BCUT2D eigenvalue weighted by Crippen LogP contribution is 2.38. The Morgan fingerprint density at radius 3 is 1.89 bits per heavy atom. The quantitative estimate of drug-likeness (QED) is 0.185. The number of carbonyl (C=O) groups is 2. The summed E-state index contributed by atoms with van der Waals surface area (Å²) in [6.45, 7) is -2.01. The lowest BCUT2D eigenvalue weighted by Crippen LogP contribution is -2.59. The van der Waals surface area contributed by atoms with E-state index < -0.39 is 65.1 Å². The first kappa shape index (κ1) is 26.0. The summed E-state index contributed by atoms with van der Waals surface area (Å²) in [6, 6.07) is 0. The lowest BCUT2D eigenvalue weighted by atomic mass is 10.2. The van der Waals surface area contributed by atoms with Gasteiger partial charge in [0.15, 0.2) is 0 Å². The number of carbonyl (C=O) groups excluding carboxylic acids is 2. The summed E-state index contributed by atoms with van der Waals surface area (Å²) in [4.78, 5) is 22.7. The van der Waals surface area contributed by atoms with Crippen molar-refractivity contribution in [1.82, 2.24) is 0 Å². The Labute approximate surface area is 150 Å². The van der Waals surface area contributed by atoms with Gasteiger partial charge in [-0.15, -0.1) is 0 Å². The zero-order valence-corrected chi connectivity index (χ0v) is 14.0. The summed E-state index contributed by atoms with van der Waals surface area (Å²) >= 11 is 0. The molecular formula is C11H10F8O8S. The number of esters is 2. The molecule has 0 aliphatic rings. The average molecular weight is 454 g/mol. The lowest BCUT2D eigenvalue weighted by Gasteiger charge is -2.32. The number of ether oxygens (including phenoxy) is 3. The minimum atomic E-state index is -6.35. The molecule has 0 spiro atoms. The normalized spacial score (nSPS) is 15.5. The maximum Gasteiger partial charge on any atom is 0.468 e. The van der Waals surface area contributed by atoms with Crippen LogP contribution in [0.5, 0.6) is 0 Å². The molecule has 0 aliphatic heterocycles. The molecule has 0 amide bonds. The SMILES string of the molecule is C=CC(=O)OC(OCC(F)(F)S(=O)(=O)O)(C(=O)OCCC(F)(F)F)C(F)(F)F. The average Bonchev–Trinajstić information content (AvgIpc) is 2.47. The number of rotatable bonds is 9. The molecule has 0 rings (SSSR count). The highest BCUT2D eigenvalue weighted by atomic mass is 32.2. The molecule has 28 heavy (non-hydrogen) atoms. The van der Waals surface area contributed by atoms with E-state index in [1.807, 2.05) is 0 Å². The van der Waals surface area contributed by atoms with Gasteiger partial charge in [0, 0.05) is 6.08 Å². The minimum absolute atomic E-state index is 0.00618. The molecule has 0 radical (unpaired) electrons. The molecule has 0 saturated heterocycles. The molecule has 0 aromatic rings. The molecule has 0 heterocycles. The van der Waals surface area contributed by atoms with E-state index in [9.17, 15) is 53.1 Å². The fourth-order valence-electron chi connectivity index (χ4n) is 1.18. The summed E-state index contributed by atoms with van der Waals surface area (Å²) in [5.41, 5.74) is 0. The highest BCUT2D eigenvalue weighted by molar-refractivity contribution is 7.86. The number of alkyl halides is 8. The van der Waals surface area contributed by atoms with Gasteiger partial charge >= 0.3 is 45.5 Å². The fraction of sp³-hybridized carbons (Fsp3) is 0.636. The van der Waals surface area contributed by atoms with Crippen molar-refractivity contribution < 1.29 is 71.9 Å². The van der Waals surface area contributed by atoms with E-state index >= 15 is 0 Å². The van der Waals surface area contributed by atoms with Crippen molar-refractivity contribution in [2.45, 2.75) is 29.8 Å². The van der Waals surface area contributed by atoms with Crippen LogP contribution in [0, 0.1) is 0 Å². The zero-order chi connectivity index (χ0) is 22.6. The van der Waals surface area contributed by atoms with Crippen LogP contribution in [-0.2, 0) is 33.9 Å². The van der Waals surface area contributed by atoms with E-state index in [0.717, 1.165) is 0 Å². The molecule has 0 fully saturated rings. The summed E-state index contributed by atoms with van der Waals surface area (Å²) in [6.07, 6.45) is -13.2. The lowest BCUT2D eigenvalue weighted by molar-refractivity contribution is -0.360. The number of halogens is 8. The second-order valence-electron chi connectivity index (χ2n) is 4.64. The maximum atomic E-state index is 13.2. The summed E-state index contributed by atoms with van der Waals surface area (Å²) in [7, 11) is -6.35. The predicted molar refractivity (Wildman–Crippen MR) is 69.2 cm³/mol. The Morgan fingerprint density at radius 1 is 1.04 bits per heavy atom. The Morgan fingerprint density at radius 2 is 1.54 bits per heavy atom. The standard InChI is InChI=1S/C11H10F8O8S/c1-2-6(20)27-10(11(17,18)19,7(21)25-4-3-8(12,13)14)26-5-9(15,16)28(22,23)24/h2H,1,3-5H2,(H,22,23,24). The smallest absolute Gasteiger partial charge is 0.460 e. The molecule has 0 saturated carbocycles. The van der Waals surface area contributed by atoms with Gasteiger partial charge in [0.1, 0.15) is 13.2 Å². The van der Waals surface area contributed by atoms with Crippen molar-refractivity contribution >= 4 is 22.1 Å². The van der Waals surface area contributed by atoms with E-state index in [1.165, 1.54) is 0 Å². The maximum absolute atomic E-state index is 13.2. The predicted octanol–water partition coefficient (Wildman–Crippen LogP) is 1.97. The molecule has 1 atom stereocenters. The van der Waals surface area contributed by atoms with Crippen LogP contribution in [0.2, 0.25) is 0 Å². The van der Waals surface area contributed by atoms with Gasteiger partial charge < -0.3 is 14.2 Å². The summed E-state index contributed by atoms with van der Waals surface area (Å²) < 4.78 is 142. The van der Waals surface area contributed by atoms with Gasteiger partial charge in [0.05, 0.1) is 6.42 Å². The van der Waals surface area contributed by atoms with Crippen LogP contribution in [0.3, 0.4) is 0 Å². The Hall–Kier alpha value is -2.01. The first-order chi connectivity index (χ1) is 12.3. The van der Waals surface area contributed by atoms with Gasteiger partial charge in [-0.05, 0) is 0 Å². The van der Waals surface area contributed by atoms with Gasteiger partial charge in [-0.3, -0.25) is 4.55 Å². The topological polar surface area (TPSA) is 116 Å². The van der Waals surface area contributed by atoms with Crippen molar-refractivity contribution in [3.8, 4) is 0 Å². The number of hydrogen-bond donors (Lipinski definition) is 1. The van der Waals surface area contributed by atoms with E-state index in [2.05, 4.69) is 20.8 Å². The summed E-state index contributed by atoms with van der Waals surface area (Å²) in [5, 5.41) is -5.43. The van der Waals surface area contributed by atoms with E-state index in [0.29, 0.717) is 0 Å². The molecule has 0 aromatic carbocycles. The molecule has 8 nitrogen and oxygen atoms in total. The van der Waals surface area contributed by atoms with E-state index in [4.69, 9.17) is 4.55 Å². The van der Waals surface area contributed by atoms with Crippen LogP contribution < -0.4 is 0 Å². The first-order valence-electron chi connectivity index (χ1n) is 6.44. The molecule has 1 N–H and O–H groups in total.